The monoisotopic (exact) mass is 306 g/mol. The molecule has 1 heterocycles. The fourth-order valence-electron chi connectivity index (χ4n) is 1.90. The number of hydrogen-bond acceptors (Lipinski definition) is 4. The van der Waals surface area contributed by atoms with Crippen LogP contribution in [0.2, 0.25) is 0 Å². The first-order valence-corrected chi connectivity index (χ1v) is 8.64. The summed E-state index contributed by atoms with van der Waals surface area (Å²) in [6.45, 7) is 1.75. The molecule has 0 saturated heterocycles. The minimum absolute atomic E-state index is 0.365. The van der Waals surface area contributed by atoms with Crippen molar-refractivity contribution in [3.63, 3.8) is 0 Å². The number of carbonyl (C=O) groups is 1. The van der Waals surface area contributed by atoms with Gasteiger partial charge in [0, 0.05) is 30.3 Å². The van der Waals surface area contributed by atoms with Crippen LogP contribution in [0.1, 0.15) is 12.6 Å². The number of rotatable bonds is 5. The minimum atomic E-state index is -3.35. The number of amides is 1. The Morgan fingerprint density at radius 1 is 1.24 bits per heavy atom. The van der Waals surface area contributed by atoms with Gasteiger partial charge in [0.05, 0.1) is 5.52 Å². The van der Waals surface area contributed by atoms with Gasteiger partial charge in [-0.15, -0.1) is 0 Å². The minimum Gasteiger partial charge on any atom is -0.355 e. The highest BCUT2D eigenvalue weighted by Crippen LogP contribution is 2.11. The topological polar surface area (TPSA) is 76.1 Å². The van der Waals surface area contributed by atoms with E-state index in [-0.39, 0.29) is 0 Å². The van der Waals surface area contributed by atoms with E-state index in [4.69, 9.17) is 0 Å². The highest BCUT2D eigenvalue weighted by Gasteiger charge is 2.22. The molecule has 21 heavy (non-hydrogen) atoms. The van der Waals surface area contributed by atoms with E-state index >= 15 is 0 Å². The number of fused-ring (bicyclic) bond motifs is 1. The van der Waals surface area contributed by atoms with Gasteiger partial charge in [-0.3, -0.25) is 9.78 Å². The SMILES string of the molecule is CC(C(=O)NCCc1ccc2ccccc2n1)S(C)(=O)=O. The van der Waals surface area contributed by atoms with E-state index in [1.54, 1.807) is 0 Å². The van der Waals surface area contributed by atoms with Crippen molar-refractivity contribution < 1.29 is 13.2 Å². The Balaban J connectivity index is 1.95. The van der Waals surface area contributed by atoms with Crippen molar-refractivity contribution in [2.45, 2.75) is 18.6 Å². The summed E-state index contributed by atoms with van der Waals surface area (Å²) in [5.74, 6) is -0.474. The maximum Gasteiger partial charge on any atom is 0.238 e. The van der Waals surface area contributed by atoms with E-state index in [9.17, 15) is 13.2 Å². The molecule has 1 N–H and O–H groups in total. The summed E-state index contributed by atoms with van der Waals surface area (Å²) in [5, 5.41) is 2.67. The first kappa shape index (κ1) is 15.4. The predicted molar refractivity (Wildman–Crippen MR) is 82.8 cm³/mol. The van der Waals surface area contributed by atoms with Gasteiger partial charge in [0.2, 0.25) is 5.91 Å². The molecule has 2 rings (SSSR count). The third kappa shape index (κ3) is 4.01. The lowest BCUT2D eigenvalue weighted by atomic mass is 10.2. The van der Waals surface area contributed by atoms with E-state index in [2.05, 4.69) is 10.3 Å². The average molecular weight is 306 g/mol. The van der Waals surface area contributed by atoms with Gasteiger partial charge in [0.25, 0.3) is 0 Å². The van der Waals surface area contributed by atoms with Gasteiger partial charge in [-0.05, 0) is 19.1 Å². The van der Waals surface area contributed by atoms with E-state index in [0.29, 0.717) is 13.0 Å². The molecule has 112 valence electrons. The lowest BCUT2D eigenvalue weighted by molar-refractivity contribution is -0.120. The van der Waals surface area contributed by atoms with Crippen LogP contribution in [0.3, 0.4) is 0 Å². The fourth-order valence-corrected chi connectivity index (χ4v) is 2.37. The van der Waals surface area contributed by atoms with Crippen LogP contribution in [-0.2, 0) is 21.1 Å². The van der Waals surface area contributed by atoms with Gasteiger partial charge in [0.15, 0.2) is 9.84 Å². The van der Waals surface area contributed by atoms with Crippen LogP contribution in [0, 0.1) is 0 Å². The Kier molecular flexibility index (Phi) is 4.57. The summed E-state index contributed by atoms with van der Waals surface area (Å²) < 4.78 is 22.6. The molecule has 1 atom stereocenters. The Hall–Kier alpha value is -1.95. The normalized spacial score (nSPS) is 13.0. The molecular formula is C15H18N2O3S. The largest absolute Gasteiger partial charge is 0.355 e. The van der Waals surface area contributed by atoms with Crippen LogP contribution < -0.4 is 5.32 Å². The summed E-state index contributed by atoms with van der Waals surface area (Å²) in [6.07, 6.45) is 1.62. The van der Waals surface area contributed by atoms with Crippen molar-refractivity contribution in [3.8, 4) is 0 Å². The van der Waals surface area contributed by atoms with Crippen molar-refractivity contribution >= 4 is 26.6 Å². The molecule has 1 amide bonds. The van der Waals surface area contributed by atoms with Crippen LogP contribution >= 0.6 is 0 Å². The molecule has 6 heteroatoms. The van der Waals surface area contributed by atoms with E-state index in [1.165, 1.54) is 6.92 Å². The highest BCUT2D eigenvalue weighted by atomic mass is 32.2. The summed E-state index contributed by atoms with van der Waals surface area (Å²) in [6, 6.07) is 11.7. The maximum absolute atomic E-state index is 11.7. The van der Waals surface area contributed by atoms with E-state index < -0.39 is 21.0 Å². The van der Waals surface area contributed by atoms with Crippen molar-refractivity contribution in [2.75, 3.05) is 12.8 Å². The number of nitrogens with one attached hydrogen (secondary N) is 1. The number of benzene rings is 1. The van der Waals surface area contributed by atoms with Crippen molar-refractivity contribution in [1.82, 2.24) is 10.3 Å². The fraction of sp³-hybridized carbons (Fsp3) is 0.333. The Bertz CT molecular complexity index is 756. The molecule has 0 aliphatic rings. The van der Waals surface area contributed by atoms with Gasteiger partial charge in [-0.25, -0.2) is 8.42 Å². The standard InChI is InChI=1S/C15H18N2O3S/c1-11(21(2,19)20)15(18)16-10-9-13-8-7-12-5-3-4-6-14(12)17-13/h3-8,11H,9-10H2,1-2H3,(H,16,18). The van der Waals surface area contributed by atoms with Crippen LogP contribution in [-0.4, -0.2) is 37.4 Å². The predicted octanol–water partition coefficient (Wildman–Crippen LogP) is 1.33. The molecule has 0 fully saturated rings. The van der Waals surface area contributed by atoms with Crippen LogP contribution in [0.5, 0.6) is 0 Å². The van der Waals surface area contributed by atoms with Crippen LogP contribution in [0.15, 0.2) is 36.4 Å². The number of hydrogen-bond donors (Lipinski definition) is 1. The number of pyridine rings is 1. The number of sulfone groups is 1. The number of aromatic nitrogens is 1. The molecule has 5 nitrogen and oxygen atoms in total. The summed E-state index contributed by atoms with van der Waals surface area (Å²) in [5.41, 5.74) is 1.77. The van der Waals surface area contributed by atoms with Gasteiger partial charge in [-0.2, -0.15) is 0 Å². The van der Waals surface area contributed by atoms with Crippen LogP contribution in [0.4, 0.5) is 0 Å². The zero-order chi connectivity index (χ0) is 15.5. The van der Waals surface area contributed by atoms with E-state index in [0.717, 1.165) is 22.9 Å². The molecular weight excluding hydrogens is 288 g/mol. The van der Waals surface area contributed by atoms with Crippen LogP contribution in [0.25, 0.3) is 10.9 Å². The summed E-state index contributed by atoms with van der Waals surface area (Å²) >= 11 is 0. The third-order valence-electron chi connectivity index (χ3n) is 3.35. The first-order chi connectivity index (χ1) is 9.88. The van der Waals surface area contributed by atoms with Gasteiger partial charge in [0.1, 0.15) is 5.25 Å². The second-order valence-corrected chi connectivity index (χ2v) is 7.37. The lowest BCUT2D eigenvalue weighted by Gasteiger charge is -2.10. The molecule has 1 aromatic heterocycles. The molecule has 0 radical (unpaired) electrons. The second kappa shape index (κ2) is 6.22. The molecule has 0 aliphatic heterocycles. The smallest absolute Gasteiger partial charge is 0.238 e. The molecule has 2 aromatic rings. The average Bonchev–Trinajstić information content (AvgIpc) is 2.45. The van der Waals surface area contributed by atoms with Crippen molar-refractivity contribution in [1.29, 1.82) is 0 Å². The zero-order valence-corrected chi connectivity index (χ0v) is 12.9. The highest BCUT2D eigenvalue weighted by molar-refractivity contribution is 7.92. The Labute approximate surface area is 124 Å². The quantitative estimate of drug-likeness (QED) is 0.904. The van der Waals surface area contributed by atoms with Crippen molar-refractivity contribution in [2.24, 2.45) is 0 Å². The van der Waals surface area contributed by atoms with Gasteiger partial charge < -0.3 is 5.32 Å². The first-order valence-electron chi connectivity index (χ1n) is 6.69. The van der Waals surface area contributed by atoms with Gasteiger partial charge >= 0.3 is 0 Å². The maximum atomic E-state index is 11.7. The molecule has 0 saturated carbocycles. The lowest BCUT2D eigenvalue weighted by Crippen LogP contribution is -2.38. The van der Waals surface area contributed by atoms with Crippen molar-refractivity contribution in [3.05, 3.63) is 42.1 Å². The Morgan fingerprint density at radius 2 is 1.95 bits per heavy atom. The van der Waals surface area contributed by atoms with Gasteiger partial charge in [-0.1, -0.05) is 24.3 Å². The summed E-state index contributed by atoms with van der Waals surface area (Å²) in [4.78, 5) is 16.2. The molecule has 0 spiro atoms. The Morgan fingerprint density at radius 3 is 2.67 bits per heavy atom. The van der Waals surface area contributed by atoms with E-state index in [1.807, 2.05) is 36.4 Å². The zero-order valence-electron chi connectivity index (χ0n) is 12.0. The number of carbonyl (C=O) groups excluding carboxylic acids is 1. The number of para-hydroxylation sites is 1. The second-order valence-electron chi connectivity index (χ2n) is 5.01. The molecule has 1 aromatic carbocycles. The summed E-state index contributed by atoms with van der Waals surface area (Å²) in [7, 11) is -3.35. The molecule has 0 bridgehead atoms. The molecule has 1 unspecified atom stereocenters. The third-order valence-corrected chi connectivity index (χ3v) is 4.85. The number of nitrogens with zero attached hydrogens (tertiary/aromatic N) is 1. The molecule has 0 aliphatic carbocycles.